The molecule has 1 heterocycles. The third-order valence-corrected chi connectivity index (χ3v) is 2.44. The van der Waals surface area contributed by atoms with Crippen molar-refractivity contribution in [2.75, 3.05) is 39.8 Å². The molecule has 0 aliphatic carbocycles. The first-order valence-corrected chi connectivity index (χ1v) is 5.05. The average molecular weight is 187 g/mol. The van der Waals surface area contributed by atoms with Gasteiger partial charge in [-0.1, -0.05) is 0 Å². The minimum Gasteiger partial charge on any atom is -0.365 e. The van der Waals surface area contributed by atoms with Gasteiger partial charge in [0.15, 0.2) is 0 Å². The molecule has 0 radical (unpaired) electrons. The molecule has 3 N–H and O–H groups in total. The summed E-state index contributed by atoms with van der Waals surface area (Å²) in [6, 6.07) is 0. The number of nitrogens with one attached hydrogen (secondary N) is 1. The predicted octanol–water partition coefficient (Wildman–Crippen LogP) is -0.397. The third-order valence-electron chi connectivity index (χ3n) is 2.44. The quantitative estimate of drug-likeness (QED) is 0.575. The monoisotopic (exact) mass is 187 g/mol. The maximum absolute atomic E-state index is 5.44. The number of ether oxygens (including phenoxy) is 1. The normalized spacial score (nSPS) is 24.9. The van der Waals surface area contributed by atoms with Crippen LogP contribution in [0.15, 0.2) is 0 Å². The zero-order valence-electron chi connectivity index (χ0n) is 8.46. The number of hydrogen-bond acceptors (Lipinski definition) is 4. The minimum absolute atomic E-state index is 0.214. The van der Waals surface area contributed by atoms with Gasteiger partial charge in [-0.05, 0) is 25.9 Å². The van der Waals surface area contributed by atoms with Crippen LogP contribution in [0, 0.1) is 0 Å². The molecular weight excluding hydrogens is 166 g/mol. The molecule has 1 aliphatic rings. The fourth-order valence-corrected chi connectivity index (χ4v) is 1.61. The molecule has 1 rings (SSSR count). The molecule has 78 valence electrons. The Bertz CT molecular complexity index is 132. The summed E-state index contributed by atoms with van der Waals surface area (Å²) in [5.74, 6) is 0. The lowest BCUT2D eigenvalue weighted by Crippen LogP contribution is -2.51. The van der Waals surface area contributed by atoms with E-state index in [1.807, 2.05) is 0 Å². The molecule has 0 bridgehead atoms. The van der Waals surface area contributed by atoms with E-state index < -0.39 is 0 Å². The zero-order valence-corrected chi connectivity index (χ0v) is 8.46. The maximum Gasteiger partial charge on any atom is 0.120 e. The maximum atomic E-state index is 5.44. The summed E-state index contributed by atoms with van der Waals surface area (Å²) in [5.41, 5.74) is 5.44. The van der Waals surface area contributed by atoms with Crippen LogP contribution in [0.25, 0.3) is 0 Å². The van der Waals surface area contributed by atoms with Crippen molar-refractivity contribution in [1.82, 2.24) is 10.2 Å². The summed E-state index contributed by atoms with van der Waals surface area (Å²) in [7, 11) is 1.75. The lowest BCUT2D eigenvalue weighted by atomic mass is 10.2. The smallest absolute Gasteiger partial charge is 0.120 e. The molecule has 0 aromatic rings. The molecule has 0 aromatic heterocycles. The molecule has 1 aliphatic heterocycles. The Labute approximate surface area is 80.4 Å². The van der Waals surface area contributed by atoms with Gasteiger partial charge in [-0.2, -0.15) is 0 Å². The van der Waals surface area contributed by atoms with Crippen molar-refractivity contribution in [3.05, 3.63) is 0 Å². The van der Waals surface area contributed by atoms with Crippen LogP contribution < -0.4 is 11.1 Å². The summed E-state index contributed by atoms with van der Waals surface area (Å²) in [5, 5.41) is 3.30. The van der Waals surface area contributed by atoms with Crippen molar-refractivity contribution in [3.63, 3.8) is 0 Å². The Kier molecular flexibility index (Phi) is 5.31. The van der Waals surface area contributed by atoms with Gasteiger partial charge in [-0.25, -0.2) is 0 Å². The van der Waals surface area contributed by atoms with E-state index in [0.29, 0.717) is 0 Å². The second kappa shape index (κ2) is 6.32. The Balaban J connectivity index is 2.11. The molecule has 4 heteroatoms. The second-order valence-corrected chi connectivity index (χ2v) is 3.47. The van der Waals surface area contributed by atoms with Crippen molar-refractivity contribution in [3.8, 4) is 0 Å². The molecule has 0 saturated carbocycles. The Morgan fingerprint density at radius 2 is 2.38 bits per heavy atom. The van der Waals surface area contributed by atoms with Crippen LogP contribution in [0.2, 0.25) is 0 Å². The second-order valence-electron chi connectivity index (χ2n) is 3.47. The van der Waals surface area contributed by atoms with E-state index in [1.54, 1.807) is 7.11 Å². The standard InChI is InChI=1S/C9H21N3O/c1-13-9-8-12(7-5-11-9)6-3-2-4-10/h9,11H,2-8,10H2,1H3/t9-/m0/s1. The molecule has 1 saturated heterocycles. The van der Waals surface area contributed by atoms with Crippen LogP contribution in [0.4, 0.5) is 0 Å². The number of nitrogens with two attached hydrogens (primary N) is 1. The lowest BCUT2D eigenvalue weighted by Gasteiger charge is -2.32. The third kappa shape index (κ3) is 4.04. The Morgan fingerprint density at radius 3 is 3.08 bits per heavy atom. The van der Waals surface area contributed by atoms with Gasteiger partial charge in [0, 0.05) is 26.7 Å². The molecule has 4 nitrogen and oxygen atoms in total. The topological polar surface area (TPSA) is 50.5 Å². The number of nitrogens with zero attached hydrogens (tertiary/aromatic N) is 1. The van der Waals surface area contributed by atoms with Gasteiger partial charge >= 0.3 is 0 Å². The highest BCUT2D eigenvalue weighted by molar-refractivity contribution is 4.71. The van der Waals surface area contributed by atoms with E-state index in [4.69, 9.17) is 10.5 Å². The van der Waals surface area contributed by atoms with Crippen molar-refractivity contribution < 1.29 is 4.74 Å². The van der Waals surface area contributed by atoms with Gasteiger partial charge in [0.05, 0.1) is 0 Å². The lowest BCUT2D eigenvalue weighted by molar-refractivity contribution is 0.0158. The molecule has 0 aromatic carbocycles. The van der Waals surface area contributed by atoms with Crippen molar-refractivity contribution in [2.45, 2.75) is 19.1 Å². The van der Waals surface area contributed by atoms with Crippen molar-refractivity contribution >= 4 is 0 Å². The van der Waals surface area contributed by atoms with Gasteiger partial charge in [0.1, 0.15) is 6.23 Å². The van der Waals surface area contributed by atoms with Crippen LogP contribution in [-0.4, -0.2) is 51.0 Å². The van der Waals surface area contributed by atoms with Crippen LogP contribution in [0.5, 0.6) is 0 Å². The predicted molar refractivity (Wildman–Crippen MR) is 53.5 cm³/mol. The highest BCUT2D eigenvalue weighted by Gasteiger charge is 2.17. The summed E-state index contributed by atoms with van der Waals surface area (Å²) in [6.07, 6.45) is 2.54. The Hall–Kier alpha value is -0.160. The molecule has 0 spiro atoms. The highest BCUT2D eigenvalue weighted by atomic mass is 16.5. The SMILES string of the molecule is CO[C@H]1CN(CCCCN)CCN1. The zero-order chi connectivity index (χ0) is 9.52. The van der Waals surface area contributed by atoms with Crippen LogP contribution in [-0.2, 0) is 4.74 Å². The summed E-state index contributed by atoms with van der Waals surface area (Å²) >= 11 is 0. The minimum atomic E-state index is 0.214. The van der Waals surface area contributed by atoms with Gasteiger partial charge in [0.25, 0.3) is 0 Å². The molecule has 13 heavy (non-hydrogen) atoms. The summed E-state index contributed by atoms with van der Waals surface area (Å²) in [6.45, 7) is 5.12. The van der Waals surface area contributed by atoms with E-state index in [2.05, 4.69) is 10.2 Å². The van der Waals surface area contributed by atoms with Crippen molar-refractivity contribution in [2.24, 2.45) is 5.73 Å². The molecular formula is C9H21N3O. The van der Waals surface area contributed by atoms with Gasteiger partial charge in [0.2, 0.25) is 0 Å². The first-order valence-electron chi connectivity index (χ1n) is 5.05. The molecule has 1 fully saturated rings. The van der Waals surface area contributed by atoms with Crippen molar-refractivity contribution in [1.29, 1.82) is 0 Å². The Morgan fingerprint density at radius 1 is 1.54 bits per heavy atom. The largest absolute Gasteiger partial charge is 0.365 e. The number of piperazine rings is 1. The first kappa shape index (κ1) is 10.9. The van der Waals surface area contributed by atoms with Gasteiger partial charge in [-0.3, -0.25) is 10.2 Å². The van der Waals surface area contributed by atoms with Gasteiger partial charge < -0.3 is 10.5 Å². The van der Waals surface area contributed by atoms with Crippen LogP contribution >= 0.6 is 0 Å². The summed E-state index contributed by atoms with van der Waals surface area (Å²) < 4.78 is 5.25. The van der Waals surface area contributed by atoms with E-state index in [1.165, 1.54) is 6.42 Å². The first-order chi connectivity index (χ1) is 6.36. The van der Waals surface area contributed by atoms with E-state index in [9.17, 15) is 0 Å². The van der Waals surface area contributed by atoms with E-state index >= 15 is 0 Å². The fraction of sp³-hybridized carbons (Fsp3) is 1.00. The van der Waals surface area contributed by atoms with Gasteiger partial charge in [-0.15, -0.1) is 0 Å². The van der Waals surface area contributed by atoms with E-state index in [-0.39, 0.29) is 6.23 Å². The van der Waals surface area contributed by atoms with Crippen LogP contribution in [0.1, 0.15) is 12.8 Å². The van der Waals surface area contributed by atoms with Crippen LogP contribution in [0.3, 0.4) is 0 Å². The fourth-order valence-electron chi connectivity index (χ4n) is 1.61. The molecule has 0 unspecified atom stereocenters. The molecule has 0 amide bonds. The number of rotatable bonds is 5. The number of hydrogen-bond donors (Lipinski definition) is 2. The highest BCUT2D eigenvalue weighted by Crippen LogP contribution is 2.01. The number of unbranched alkanes of at least 4 members (excludes halogenated alkanes) is 1. The summed E-state index contributed by atoms with van der Waals surface area (Å²) in [4.78, 5) is 2.43. The average Bonchev–Trinajstić information content (AvgIpc) is 2.19. The van der Waals surface area contributed by atoms with E-state index in [0.717, 1.165) is 39.1 Å². The number of methoxy groups -OCH3 is 1. The molecule has 1 atom stereocenters.